The zero-order valence-corrected chi connectivity index (χ0v) is 19.7. The van der Waals surface area contributed by atoms with Crippen LogP contribution < -0.4 is 10.1 Å². The summed E-state index contributed by atoms with van der Waals surface area (Å²) in [5, 5.41) is 3.32. The van der Waals surface area contributed by atoms with Gasteiger partial charge in [-0.2, -0.15) is 0 Å². The lowest BCUT2D eigenvalue weighted by Crippen LogP contribution is -2.51. The van der Waals surface area contributed by atoms with Crippen LogP contribution in [0.3, 0.4) is 0 Å². The molecule has 5 nitrogen and oxygen atoms in total. The molecule has 33 heavy (non-hydrogen) atoms. The van der Waals surface area contributed by atoms with Crippen molar-refractivity contribution in [1.29, 1.82) is 0 Å². The second-order valence-corrected chi connectivity index (χ2v) is 8.17. The Balaban J connectivity index is 1.91. The third kappa shape index (κ3) is 6.83. The molecule has 6 heteroatoms. The smallest absolute Gasteiger partial charge is 0.261 e. The number of nitrogens with one attached hydrogen (secondary N) is 1. The zero-order valence-electron chi connectivity index (χ0n) is 19.0. The van der Waals surface area contributed by atoms with E-state index in [1.807, 2.05) is 68.4 Å². The molecule has 0 aliphatic rings. The first-order valence-corrected chi connectivity index (χ1v) is 11.4. The Morgan fingerprint density at radius 3 is 2.33 bits per heavy atom. The molecule has 0 saturated carbocycles. The third-order valence-electron chi connectivity index (χ3n) is 5.41. The van der Waals surface area contributed by atoms with Gasteiger partial charge < -0.3 is 15.0 Å². The molecule has 0 saturated heterocycles. The number of rotatable bonds is 10. The van der Waals surface area contributed by atoms with Crippen LogP contribution in [0.5, 0.6) is 5.75 Å². The van der Waals surface area contributed by atoms with Crippen molar-refractivity contribution in [3.05, 3.63) is 101 Å². The van der Waals surface area contributed by atoms with Crippen LogP contribution in [0.15, 0.2) is 78.9 Å². The van der Waals surface area contributed by atoms with Crippen LogP contribution in [0.4, 0.5) is 0 Å². The van der Waals surface area contributed by atoms with Crippen molar-refractivity contribution in [2.45, 2.75) is 32.9 Å². The number of halogens is 1. The van der Waals surface area contributed by atoms with Gasteiger partial charge in [0.2, 0.25) is 5.91 Å². The quantitative estimate of drug-likeness (QED) is 0.468. The maximum absolute atomic E-state index is 13.5. The molecule has 3 aromatic rings. The average molecular weight is 465 g/mol. The fourth-order valence-corrected chi connectivity index (χ4v) is 3.79. The number of nitrogens with zero attached hydrogens (tertiary/aromatic N) is 1. The Kier molecular flexibility index (Phi) is 8.90. The minimum absolute atomic E-state index is 0.193. The molecule has 2 amide bonds. The largest absolute Gasteiger partial charge is 0.482 e. The summed E-state index contributed by atoms with van der Waals surface area (Å²) in [6.07, 6.45) is 0.399. The average Bonchev–Trinajstić information content (AvgIpc) is 2.82. The molecule has 172 valence electrons. The topological polar surface area (TPSA) is 58.6 Å². The molecule has 0 aromatic heterocycles. The summed E-state index contributed by atoms with van der Waals surface area (Å²) in [6.45, 7) is 4.42. The summed E-state index contributed by atoms with van der Waals surface area (Å²) >= 11 is 6.19. The summed E-state index contributed by atoms with van der Waals surface area (Å²) in [5.74, 6) is -0.0487. The highest BCUT2D eigenvalue weighted by molar-refractivity contribution is 6.32. The van der Waals surface area contributed by atoms with Gasteiger partial charge in [-0.25, -0.2) is 0 Å². The van der Waals surface area contributed by atoms with E-state index in [1.54, 1.807) is 29.2 Å². The van der Waals surface area contributed by atoms with Gasteiger partial charge in [-0.1, -0.05) is 78.3 Å². The van der Waals surface area contributed by atoms with Crippen molar-refractivity contribution in [3.8, 4) is 5.75 Å². The van der Waals surface area contributed by atoms with Crippen LogP contribution in [0.1, 0.15) is 23.6 Å². The summed E-state index contributed by atoms with van der Waals surface area (Å²) in [4.78, 5) is 28.2. The van der Waals surface area contributed by atoms with Gasteiger partial charge in [0.05, 0.1) is 5.02 Å². The first-order chi connectivity index (χ1) is 16.0. The van der Waals surface area contributed by atoms with Crippen LogP contribution >= 0.6 is 11.6 Å². The van der Waals surface area contributed by atoms with Gasteiger partial charge in [0.1, 0.15) is 11.8 Å². The zero-order chi connectivity index (χ0) is 23.6. The number of ether oxygens (including phenoxy) is 1. The first kappa shape index (κ1) is 24.3. The fraction of sp³-hybridized carbons (Fsp3) is 0.259. The van der Waals surface area contributed by atoms with Crippen LogP contribution in [0.2, 0.25) is 5.02 Å². The molecule has 3 aromatic carbocycles. The number of carbonyl (C=O) groups is 2. The Hall–Kier alpha value is -3.31. The van der Waals surface area contributed by atoms with Gasteiger partial charge in [-0.15, -0.1) is 0 Å². The van der Waals surface area contributed by atoms with Gasteiger partial charge in [0.15, 0.2) is 6.61 Å². The summed E-state index contributed by atoms with van der Waals surface area (Å²) in [6, 6.07) is 23.9. The predicted molar refractivity (Wildman–Crippen MR) is 131 cm³/mol. The number of hydrogen-bond acceptors (Lipinski definition) is 3. The van der Waals surface area contributed by atoms with Crippen LogP contribution in [0, 0.1) is 6.92 Å². The lowest BCUT2D eigenvalue weighted by atomic mass is 10.0. The maximum Gasteiger partial charge on any atom is 0.261 e. The molecule has 0 spiro atoms. The van der Waals surface area contributed by atoms with Crippen molar-refractivity contribution in [1.82, 2.24) is 10.2 Å². The van der Waals surface area contributed by atoms with Gasteiger partial charge in [0, 0.05) is 19.5 Å². The van der Waals surface area contributed by atoms with Gasteiger partial charge in [0.25, 0.3) is 5.91 Å². The summed E-state index contributed by atoms with van der Waals surface area (Å²) < 4.78 is 5.73. The third-order valence-corrected chi connectivity index (χ3v) is 5.72. The molecule has 0 aliphatic heterocycles. The molecule has 1 unspecified atom stereocenters. The van der Waals surface area contributed by atoms with Crippen molar-refractivity contribution in [2.24, 2.45) is 0 Å². The summed E-state index contributed by atoms with van der Waals surface area (Å²) in [5.41, 5.74) is 3.01. The second kappa shape index (κ2) is 12.1. The minimum atomic E-state index is -0.686. The van der Waals surface area contributed by atoms with E-state index in [0.717, 1.165) is 16.7 Å². The van der Waals surface area contributed by atoms with E-state index in [-0.39, 0.29) is 18.4 Å². The van der Waals surface area contributed by atoms with Crippen molar-refractivity contribution in [2.75, 3.05) is 13.2 Å². The van der Waals surface area contributed by atoms with Crippen molar-refractivity contribution < 1.29 is 14.3 Å². The fourth-order valence-electron chi connectivity index (χ4n) is 3.60. The highest BCUT2D eigenvalue weighted by Gasteiger charge is 2.30. The van der Waals surface area contributed by atoms with E-state index in [0.29, 0.717) is 30.3 Å². The second-order valence-electron chi connectivity index (χ2n) is 7.77. The molecule has 0 bridgehead atoms. The van der Waals surface area contributed by atoms with Crippen LogP contribution in [-0.4, -0.2) is 35.9 Å². The molecule has 0 aliphatic carbocycles. The molecule has 1 N–H and O–H groups in total. The lowest BCUT2D eigenvalue weighted by Gasteiger charge is -2.32. The Bertz CT molecular complexity index is 1070. The van der Waals surface area contributed by atoms with Gasteiger partial charge in [-0.05, 0) is 42.7 Å². The number of aryl methyl sites for hydroxylation is 1. The Labute approximate surface area is 200 Å². The maximum atomic E-state index is 13.5. The summed E-state index contributed by atoms with van der Waals surface area (Å²) in [7, 11) is 0. The minimum Gasteiger partial charge on any atom is -0.482 e. The molecular weight excluding hydrogens is 436 g/mol. The van der Waals surface area contributed by atoms with Crippen LogP contribution in [0.25, 0.3) is 0 Å². The monoisotopic (exact) mass is 464 g/mol. The van der Waals surface area contributed by atoms with E-state index < -0.39 is 6.04 Å². The van der Waals surface area contributed by atoms with Gasteiger partial charge in [-0.3, -0.25) is 9.59 Å². The Morgan fingerprint density at radius 1 is 0.970 bits per heavy atom. The molecular formula is C27H29ClN2O3. The molecule has 1 atom stereocenters. The number of para-hydroxylation sites is 1. The molecule has 0 fully saturated rings. The highest BCUT2D eigenvalue weighted by Crippen LogP contribution is 2.24. The van der Waals surface area contributed by atoms with E-state index in [2.05, 4.69) is 5.32 Å². The van der Waals surface area contributed by atoms with Crippen molar-refractivity contribution in [3.63, 3.8) is 0 Å². The van der Waals surface area contributed by atoms with Gasteiger partial charge >= 0.3 is 0 Å². The number of likely N-dealkylation sites (N-methyl/N-ethyl adjacent to an activating group) is 1. The number of amides is 2. The van der Waals surface area contributed by atoms with E-state index in [1.165, 1.54) is 0 Å². The molecule has 0 heterocycles. The van der Waals surface area contributed by atoms with E-state index >= 15 is 0 Å². The number of hydrogen-bond donors (Lipinski definition) is 1. The lowest BCUT2D eigenvalue weighted by molar-refractivity contribution is -0.142. The number of benzene rings is 3. The highest BCUT2D eigenvalue weighted by atomic mass is 35.5. The van der Waals surface area contributed by atoms with E-state index in [9.17, 15) is 9.59 Å². The Morgan fingerprint density at radius 2 is 1.64 bits per heavy atom. The first-order valence-electron chi connectivity index (χ1n) is 11.0. The normalized spacial score (nSPS) is 11.5. The van der Waals surface area contributed by atoms with Crippen LogP contribution in [-0.2, 0) is 22.6 Å². The number of carbonyl (C=O) groups excluding carboxylic acids is 2. The predicted octanol–water partition coefficient (Wildman–Crippen LogP) is 4.80. The standard InChI is InChI=1S/C27H29ClN2O3/c1-3-29-27(32)24(17-21-12-5-4-6-13-21)30(18-22-14-8-7-11-20(22)2)26(31)19-33-25-16-10-9-15-23(25)28/h4-16,24H,3,17-19H2,1-2H3,(H,29,32). The molecule has 3 rings (SSSR count). The van der Waals surface area contributed by atoms with E-state index in [4.69, 9.17) is 16.3 Å². The van der Waals surface area contributed by atoms with Crippen molar-refractivity contribution >= 4 is 23.4 Å². The molecule has 0 radical (unpaired) electrons. The SMILES string of the molecule is CCNC(=O)C(Cc1ccccc1)N(Cc1ccccc1C)C(=O)COc1ccccc1Cl.